The Labute approximate surface area is 711 Å². The van der Waals surface area contributed by atoms with Gasteiger partial charge in [-0.1, -0.05) is 383 Å². The molecule has 550 valence electrons. The summed E-state index contributed by atoms with van der Waals surface area (Å²) in [7, 11) is 7.00. The lowest BCUT2D eigenvalue weighted by Gasteiger charge is -2.35. The van der Waals surface area contributed by atoms with Crippen LogP contribution in [-0.2, 0) is 54.5 Å². The van der Waals surface area contributed by atoms with Gasteiger partial charge in [-0.15, -0.1) is 56.4 Å². The van der Waals surface area contributed by atoms with Crippen LogP contribution in [0.5, 0.6) is 0 Å². The van der Waals surface area contributed by atoms with Gasteiger partial charge in [0.05, 0.1) is 21.5 Å². The molecular weight excluding hydrogens is 1990 g/mol. The summed E-state index contributed by atoms with van der Waals surface area (Å²) in [6.07, 6.45) is 4.99. The Balaban J connectivity index is 0.000000639. The Morgan fingerprint density at radius 2 is 0.689 bits per heavy atom. The number of benzene rings is 10. The number of thioether (sulfide) groups is 1. The SMILES string of the molecule is C.CCC(=O)Cc1ccc(S)cc1.CCC(=O)Cc1ccc(SC(c2ccccc2)(c2ccccc2)c2ccccc2)cc1.CCC(I)I.CCC(I)I.CN.Cc1ccc(CC(=O)O)cc1.ClC(c1ccccc1)(c1ccccc1)c1ccccc1.O=C(O)Cc1ccc(S)cc1.[SiH3]PP(P)I. The second-order valence-electron chi connectivity index (χ2n) is 22.0. The van der Waals surface area contributed by atoms with Crippen LogP contribution in [0, 0.1) is 6.92 Å². The number of Topliss-reactive ketones (excluding diaryl/α,β-unsaturated/α-hetero) is 2. The highest BCUT2D eigenvalue weighted by Gasteiger charge is 2.38. The summed E-state index contributed by atoms with van der Waals surface area (Å²) in [6, 6.07) is 93.5. The second kappa shape index (κ2) is 58.0. The Hall–Kier alpha value is -3.06. The van der Waals surface area contributed by atoms with Crippen LogP contribution in [0.1, 0.15) is 122 Å². The summed E-state index contributed by atoms with van der Waals surface area (Å²) in [5.41, 5.74) is 16.4. The molecule has 0 saturated carbocycles. The van der Waals surface area contributed by atoms with Crippen molar-refractivity contribution in [1.82, 2.24) is 0 Å². The number of alkyl halides is 5. The molecule has 0 heterocycles. The van der Waals surface area contributed by atoms with E-state index < -0.39 is 16.8 Å². The summed E-state index contributed by atoms with van der Waals surface area (Å²) < 4.78 is 1.26. The lowest BCUT2D eigenvalue weighted by atomic mass is 9.84. The molecule has 10 aromatic carbocycles. The van der Waals surface area contributed by atoms with Crippen LogP contribution in [0.2, 0.25) is 0 Å². The van der Waals surface area contributed by atoms with Crippen molar-refractivity contribution in [2.75, 3.05) is 7.05 Å². The predicted molar refractivity (Wildman–Crippen MR) is 506 cm³/mol. The van der Waals surface area contributed by atoms with E-state index in [1.807, 2.05) is 136 Å². The van der Waals surface area contributed by atoms with Gasteiger partial charge in [0.1, 0.15) is 16.4 Å². The molecule has 0 aliphatic carbocycles. The van der Waals surface area contributed by atoms with Crippen molar-refractivity contribution < 1.29 is 29.4 Å². The van der Waals surface area contributed by atoms with Crippen LogP contribution < -0.4 is 5.73 Å². The number of aryl methyl sites for hydroxylation is 1. The molecule has 0 radical (unpaired) electrons. The fourth-order valence-electron chi connectivity index (χ4n) is 9.04. The molecule has 3 unspecified atom stereocenters. The quantitative estimate of drug-likeness (QED) is 0.00913. The van der Waals surface area contributed by atoms with E-state index in [0.29, 0.717) is 30.6 Å². The zero-order valence-corrected chi connectivity index (χ0v) is 77.8. The van der Waals surface area contributed by atoms with Crippen molar-refractivity contribution in [3.8, 4) is 0 Å². The van der Waals surface area contributed by atoms with Crippen molar-refractivity contribution >= 4 is 216 Å². The monoisotopic (exact) mass is 2090 g/mol. The highest BCUT2D eigenvalue weighted by atomic mass is 127. The van der Waals surface area contributed by atoms with E-state index in [2.05, 4.69) is 318 Å². The van der Waals surface area contributed by atoms with Crippen molar-refractivity contribution in [1.29, 1.82) is 0 Å². The normalized spacial score (nSPS) is 10.6. The van der Waals surface area contributed by atoms with E-state index in [-0.39, 0.29) is 36.6 Å². The molecule has 0 aromatic heterocycles. The number of ketones is 2. The van der Waals surface area contributed by atoms with Crippen LogP contribution in [-0.4, -0.2) is 54.5 Å². The Morgan fingerprint density at radius 3 is 0.913 bits per heavy atom. The number of hydrogen-bond acceptors (Lipinski definition) is 8. The Morgan fingerprint density at radius 1 is 0.466 bits per heavy atom. The number of halogens is 6. The molecule has 0 fully saturated rings. The van der Waals surface area contributed by atoms with Gasteiger partial charge < -0.3 is 15.9 Å². The smallest absolute Gasteiger partial charge is 0.307 e. The topological polar surface area (TPSA) is 135 Å². The van der Waals surface area contributed by atoms with Crippen LogP contribution >= 0.6 is 183 Å². The van der Waals surface area contributed by atoms with Gasteiger partial charge in [-0.2, -0.15) is 0 Å². The molecule has 7 nitrogen and oxygen atoms in total. The summed E-state index contributed by atoms with van der Waals surface area (Å²) in [6.45, 7) is 10.1. The molecule has 3 atom stereocenters. The van der Waals surface area contributed by atoms with E-state index in [1.165, 1.54) is 59.2 Å². The maximum absolute atomic E-state index is 11.8. The van der Waals surface area contributed by atoms with Crippen LogP contribution in [0.4, 0.5) is 0 Å². The molecule has 10 rings (SSSR count). The molecule has 4 N–H and O–H groups in total. The van der Waals surface area contributed by atoms with E-state index in [1.54, 1.807) is 24.3 Å². The number of aliphatic carboxylic acids is 2. The van der Waals surface area contributed by atoms with E-state index >= 15 is 0 Å². The fraction of sp³-hybridized carbons (Fsp3) is 0.229. The largest absolute Gasteiger partial charge is 0.481 e. The maximum Gasteiger partial charge on any atom is 0.307 e. The minimum Gasteiger partial charge on any atom is -0.481 e. The third-order valence-electron chi connectivity index (χ3n) is 14.4. The summed E-state index contributed by atoms with van der Waals surface area (Å²) >= 11 is 29.2. The number of nitrogens with two attached hydrogens (primary N) is 1. The van der Waals surface area contributed by atoms with E-state index in [0.717, 1.165) is 58.2 Å². The van der Waals surface area contributed by atoms with E-state index in [4.69, 9.17) is 21.8 Å². The number of carboxylic acids is 2. The number of carboxylic acid groups (broad SMARTS) is 2. The van der Waals surface area contributed by atoms with Crippen molar-refractivity contribution in [3.63, 3.8) is 0 Å². The predicted octanol–water partition coefficient (Wildman–Crippen LogP) is 25.1. The lowest BCUT2D eigenvalue weighted by Crippen LogP contribution is -2.25. The zero-order valence-electron chi connectivity index (χ0n) is 58.6. The highest BCUT2D eigenvalue weighted by Crippen LogP contribution is 2.66. The number of carbonyl (C=O) groups is 4. The molecule has 0 bridgehead atoms. The summed E-state index contributed by atoms with van der Waals surface area (Å²) in [5, 5.41) is 16.9. The van der Waals surface area contributed by atoms with Crippen LogP contribution in [0.25, 0.3) is 0 Å². The Kier molecular flexibility index (Phi) is 55.1. The average Bonchev–Trinajstić information content (AvgIpc) is 0.759. The summed E-state index contributed by atoms with van der Waals surface area (Å²) in [4.78, 5) is 46.1. The first kappa shape index (κ1) is 97.9. The van der Waals surface area contributed by atoms with Gasteiger partial charge in [-0.3, -0.25) is 19.2 Å². The van der Waals surface area contributed by atoms with Gasteiger partial charge in [0.25, 0.3) is 0 Å². The maximum atomic E-state index is 11.8. The first-order valence-electron chi connectivity index (χ1n) is 32.8. The number of thiol groups is 2. The Bertz CT molecular complexity index is 3590. The van der Waals surface area contributed by atoms with Crippen LogP contribution in [0.15, 0.2) is 294 Å². The molecule has 0 saturated heterocycles. The van der Waals surface area contributed by atoms with Crippen molar-refractivity contribution in [2.45, 2.75) is 122 Å². The van der Waals surface area contributed by atoms with Gasteiger partial charge >= 0.3 is 11.9 Å². The highest BCUT2D eigenvalue weighted by molar-refractivity contribution is 14.2. The average molecular weight is 2090 g/mol. The van der Waals surface area contributed by atoms with Crippen LogP contribution in [0.3, 0.4) is 0 Å². The van der Waals surface area contributed by atoms with Crippen molar-refractivity contribution in [3.05, 3.63) is 340 Å². The number of carbonyl (C=O) groups excluding carboxylic acids is 2. The van der Waals surface area contributed by atoms with Gasteiger partial charge in [0, 0.05) is 50.3 Å². The minimum absolute atomic E-state index is 0. The number of hydrogen-bond donors (Lipinski definition) is 5. The molecule has 103 heavy (non-hydrogen) atoms. The molecule has 20 heteroatoms. The molecule has 0 aliphatic rings. The number of rotatable bonds is 21. The molecule has 0 amide bonds. The molecule has 10 aromatic rings. The van der Waals surface area contributed by atoms with E-state index in [9.17, 15) is 19.2 Å². The second-order valence-corrected chi connectivity index (χ2v) is 55.7. The van der Waals surface area contributed by atoms with Gasteiger partial charge in [0.2, 0.25) is 0 Å². The first-order chi connectivity index (χ1) is 48.9. The van der Waals surface area contributed by atoms with Gasteiger partial charge in [-0.25, -0.2) is 0 Å². The minimum atomic E-state index is -0.808. The summed E-state index contributed by atoms with van der Waals surface area (Å²) in [5.74, 6) is -1.04. The standard InChI is InChI=1S/C29H26OS.C19H15Cl.C10H12OS.C9H10O2.C8H8O2S.2C3H6I2.CH5N.CH4.H6IP3Si/c1-2-27(30)22-23-18-20-28(21-19-23)31-29(24-12-6-3-7-13-24,25-14-8-4-9-15-25)26-16-10-5-11-17-26;20-19(16-10-4-1-5-11-16,17-12-6-2-7-13-17)18-14-8-3-9-15-18;1-2-9(11)7-8-3-5-10(12)6-4-8;1-7-2-4-8(5-3-7)6-9(10)11;9-8(10)5-6-1-3-7(11)4-2-6;2*1-2-3(4)5;1-2;;1-4(2)3-5/h3-21H,2,22H2,1H3;1-15H;3-6,12H,2,7H2,1H3;2-5H,6H2,1H3,(H,10,11);1-4,11H,5H2,(H,9,10);2*3H,2H2,1H3;2H2,1H3;1H4;3H,2H2,5H3. The van der Waals surface area contributed by atoms with Gasteiger partial charge in [-0.05, 0) is 146 Å². The third-order valence-corrected chi connectivity index (χ3v) is 46.2. The first-order valence-corrected chi connectivity index (χ1v) is 51.0. The molecular formula is C83H98ClI5NO6P3S3Si. The lowest BCUT2D eigenvalue weighted by molar-refractivity contribution is -0.137. The van der Waals surface area contributed by atoms with Crippen molar-refractivity contribution in [2.24, 2.45) is 5.73 Å². The third kappa shape index (κ3) is 40.3. The zero-order chi connectivity index (χ0) is 75.7. The molecule has 0 aliphatic heterocycles. The fourth-order valence-corrected chi connectivity index (χ4v) is 11.1. The molecule has 0 spiro atoms. The van der Waals surface area contributed by atoms with Gasteiger partial charge in [0.15, 0.2) is 0 Å².